The lowest BCUT2D eigenvalue weighted by Crippen LogP contribution is -2.05. The fourth-order valence-corrected chi connectivity index (χ4v) is 2.36. The number of hydrogen-bond donors (Lipinski definition) is 1. The molecule has 128 valence electrons. The van der Waals surface area contributed by atoms with Crippen LogP contribution in [0.2, 0.25) is 0 Å². The van der Waals surface area contributed by atoms with Crippen molar-refractivity contribution in [2.75, 3.05) is 14.2 Å². The van der Waals surface area contributed by atoms with Crippen molar-refractivity contribution in [2.45, 2.75) is 13.1 Å². The first-order valence-electron chi connectivity index (χ1n) is 7.06. The first-order chi connectivity index (χ1) is 11.4. The highest BCUT2D eigenvalue weighted by Gasteiger charge is 2.30. The van der Waals surface area contributed by atoms with Gasteiger partial charge in [-0.2, -0.15) is 18.3 Å². The minimum absolute atomic E-state index is 0.580. The zero-order chi connectivity index (χ0) is 17.9. The number of ether oxygens (including phenoxy) is 1. The number of aromatic nitrogens is 2. The summed E-state index contributed by atoms with van der Waals surface area (Å²) in [5.74, 6) is 0.711. The molecule has 2 aromatic carbocycles. The minimum Gasteiger partial charge on any atom is -0.497 e. The van der Waals surface area contributed by atoms with Crippen LogP contribution in [-0.2, 0) is 6.18 Å². The molecule has 1 heterocycles. The summed E-state index contributed by atoms with van der Waals surface area (Å²) < 4.78 is 44.7. The van der Waals surface area contributed by atoms with E-state index in [-0.39, 0.29) is 0 Å². The van der Waals surface area contributed by atoms with Gasteiger partial charge in [-0.25, -0.2) is 4.68 Å². The zero-order valence-electron chi connectivity index (χ0n) is 13.4. The highest BCUT2D eigenvalue weighted by molar-refractivity contribution is 5.84. The third-order valence-corrected chi connectivity index (χ3v) is 3.51. The van der Waals surface area contributed by atoms with Crippen molar-refractivity contribution < 1.29 is 23.0 Å². The maximum atomic E-state index is 12.6. The number of halogens is 3. The molecule has 7 heteroatoms. The lowest BCUT2D eigenvalue weighted by Gasteiger charge is -2.08. The van der Waals surface area contributed by atoms with E-state index in [1.807, 2.05) is 19.1 Å². The van der Waals surface area contributed by atoms with Gasteiger partial charge in [0, 0.05) is 12.5 Å². The average Bonchev–Trinajstić information content (AvgIpc) is 2.92. The molecule has 0 aliphatic rings. The number of benzene rings is 2. The molecule has 0 fully saturated rings. The summed E-state index contributed by atoms with van der Waals surface area (Å²) in [6.45, 7) is 1.85. The first kappa shape index (κ1) is 17.8. The summed E-state index contributed by atoms with van der Waals surface area (Å²) in [6.07, 6.45) is -4.34. The second-order valence-electron chi connectivity index (χ2n) is 4.92. The molecule has 3 aromatic rings. The second kappa shape index (κ2) is 6.92. The van der Waals surface area contributed by atoms with Gasteiger partial charge in [0.05, 0.1) is 29.6 Å². The summed E-state index contributed by atoms with van der Waals surface area (Å²) in [5.41, 5.74) is 1.51. The molecular formula is C17H17F3N2O2. The van der Waals surface area contributed by atoms with Gasteiger partial charge >= 0.3 is 6.18 Å². The average molecular weight is 338 g/mol. The molecule has 0 spiro atoms. The highest BCUT2D eigenvalue weighted by atomic mass is 19.4. The lowest BCUT2D eigenvalue weighted by molar-refractivity contribution is -0.137. The number of fused-ring (bicyclic) bond motifs is 1. The Morgan fingerprint density at radius 1 is 1.04 bits per heavy atom. The van der Waals surface area contributed by atoms with Crippen LogP contribution in [-0.4, -0.2) is 29.1 Å². The minimum atomic E-state index is -4.34. The SMILES string of the molecule is CO.COc1ccc2c(c1)c(C)nn2-c1ccc(C(F)(F)F)cc1. The molecule has 0 aliphatic heterocycles. The normalized spacial score (nSPS) is 11.1. The van der Waals surface area contributed by atoms with Crippen molar-refractivity contribution >= 4 is 10.9 Å². The van der Waals surface area contributed by atoms with Crippen LogP contribution in [0.5, 0.6) is 5.75 Å². The number of hydrogen-bond acceptors (Lipinski definition) is 3. The third kappa shape index (κ3) is 3.35. The van der Waals surface area contributed by atoms with Crippen molar-refractivity contribution in [3.05, 3.63) is 53.7 Å². The first-order valence-corrected chi connectivity index (χ1v) is 7.06. The molecule has 0 radical (unpaired) electrons. The van der Waals surface area contributed by atoms with E-state index >= 15 is 0 Å². The van der Waals surface area contributed by atoms with Crippen LogP contribution in [0.3, 0.4) is 0 Å². The summed E-state index contributed by atoms with van der Waals surface area (Å²) in [5, 5.41) is 12.3. The number of aliphatic hydroxyl groups excluding tert-OH is 1. The Balaban J connectivity index is 0.00000100. The Morgan fingerprint density at radius 2 is 1.67 bits per heavy atom. The van der Waals surface area contributed by atoms with Gasteiger partial charge in [0.15, 0.2) is 0 Å². The zero-order valence-corrected chi connectivity index (χ0v) is 13.4. The van der Waals surface area contributed by atoms with E-state index in [0.717, 1.165) is 35.8 Å². The number of methoxy groups -OCH3 is 1. The quantitative estimate of drug-likeness (QED) is 0.769. The summed E-state index contributed by atoms with van der Waals surface area (Å²) in [7, 11) is 2.58. The van der Waals surface area contributed by atoms with Crippen LogP contribution >= 0.6 is 0 Å². The molecule has 1 N–H and O–H groups in total. The van der Waals surface area contributed by atoms with Crippen LogP contribution in [0, 0.1) is 6.92 Å². The molecule has 0 aliphatic carbocycles. The second-order valence-corrected chi connectivity index (χ2v) is 4.92. The summed E-state index contributed by atoms with van der Waals surface area (Å²) in [4.78, 5) is 0. The number of alkyl halides is 3. The Hall–Kier alpha value is -2.54. The van der Waals surface area contributed by atoms with E-state index in [1.54, 1.807) is 17.9 Å². The van der Waals surface area contributed by atoms with Gasteiger partial charge in [-0.05, 0) is 49.4 Å². The van der Waals surface area contributed by atoms with E-state index < -0.39 is 11.7 Å². The largest absolute Gasteiger partial charge is 0.497 e. The summed E-state index contributed by atoms with van der Waals surface area (Å²) in [6, 6.07) is 10.4. The number of aliphatic hydroxyl groups is 1. The molecule has 1 aromatic heterocycles. The number of nitrogens with zero attached hydrogens (tertiary/aromatic N) is 2. The summed E-state index contributed by atoms with van der Waals surface area (Å²) >= 11 is 0. The van der Waals surface area contributed by atoms with E-state index in [0.29, 0.717) is 11.4 Å². The van der Waals surface area contributed by atoms with Crippen molar-refractivity contribution in [2.24, 2.45) is 0 Å². The van der Waals surface area contributed by atoms with Gasteiger partial charge in [-0.1, -0.05) is 0 Å². The Morgan fingerprint density at radius 3 is 2.21 bits per heavy atom. The maximum Gasteiger partial charge on any atom is 0.416 e. The third-order valence-electron chi connectivity index (χ3n) is 3.51. The van der Waals surface area contributed by atoms with Crippen LogP contribution < -0.4 is 4.74 Å². The highest BCUT2D eigenvalue weighted by Crippen LogP contribution is 2.31. The Kier molecular flexibility index (Phi) is 5.14. The topological polar surface area (TPSA) is 47.3 Å². The molecule has 0 atom stereocenters. The van der Waals surface area contributed by atoms with E-state index in [2.05, 4.69) is 5.10 Å². The molecule has 24 heavy (non-hydrogen) atoms. The molecule has 0 amide bonds. The van der Waals surface area contributed by atoms with Gasteiger partial charge in [0.25, 0.3) is 0 Å². The van der Waals surface area contributed by atoms with Crippen LogP contribution in [0.25, 0.3) is 16.6 Å². The Labute approximate surface area is 137 Å². The standard InChI is InChI=1S/C16H13F3N2O.CH4O/c1-10-14-9-13(22-2)7-8-15(14)21(20-10)12-5-3-11(4-6-12)16(17,18)19;1-2/h3-9H,1-2H3;2H,1H3. The van der Waals surface area contributed by atoms with Gasteiger partial charge in [-0.3, -0.25) is 0 Å². The maximum absolute atomic E-state index is 12.6. The van der Waals surface area contributed by atoms with Crippen molar-refractivity contribution in [3.63, 3.8) is 0 Å². The lowest BCUT2D eigenvalue weighted by atomic mass is 10.2. The monoisotopic (exact) mass is 338 g/mol. The molecular weight excluding hydrogens is 321 g/mol. The predicted molar refractivity (Wildman–Crippen MR) is 85.5 cm³/mol. The molecule has 4 nitrogen and oxygen atoms in total. The predicted octanol–water partition coefficient (Wildman–Crippen LogP) is 3.97. The number of rotatable bonds is 2. The molecule has 0 saturated carbocycles. The van der Waals surface area contributed by atoms with E-state index in [1.165, 1.54) is 12.1 Å². The van der Waals surface area contributed by atoms with Gasteiger partial charge in [0.1, 0.15) is 5.75 Å². The van der Waals surface area contributed by atoms with Gasteiger partial charge in [-0.15, -0.1) is 0 Å². The van der Waals surface area contributed by atoms with Crippen molar-refractivity contribution in [1.82, 2.24) is 9.78 Å². The molecule has 0 bridgehead atoms. The van der Waals surface area contributed by atoms with Gasteiger partial charge < -0.3 is 9.84 Å². The van der Waals surface area contributed by atoms with E-state index in [9.17, 15) is 13.2 Å². The van der Waals surface area contributed by atoms with E-state index in [4.69, 9.17) is 9.84 Å². The van der Waals surface area contributed by atoms with Crippen LogP contribution in [0.15, 0.2) is 42.5 Å². The molecule has 3 rings (SSSR count). The molecule has 0 saturated heterocycles. The smallest absolute Gasteiger partial charge is 0.416 e. The van der Waals surface area contributed by atoms with Crippen molar-refractivity contribution in [3.8, 4) is 11.4 Å². The van der Waals surface area contributed by atoms with Crippen molar-refractivity contribution in [1.29, 1.82) is 0 Å². The molecule has 0 unspecified atom stereocenters. The van der Waals surface area contributed by atoms with Crippen LogP contribution in [0.4, 0.5) is 13.2 Å². The number of aryl methyl sites for hydroxylation is 1. The van der Waals surface area contributed by atoms with Gasteiger partial charge in [0.2, 0.25) is 0 Å². The fourth-order valence-electron chi connectivity index (χ4n) is 2.36. The van der Waals surface area contributed by atoms with Crippen LogP contribution in [0.1, 0.15) is 11.3 Å². The fraction of sp³-hybridized carbons (Fsp3) is 0.235. The Bertz CT molecular complexity index is 824.